The van der Waals surface area contributed by atoms with Crippen LogP contribution in [0.2, 0.25) is 0 Å². The minimum atomic E-state index is 0. The summed E-state index contributed by atoms with van der Waals surface area (Å²) < 4.78 is 7.75. The van der Waals surface area contributed by atoms with E-state index in [0.717, 1.165) is 64.0 Å². The summed E-state index contributed by atoms with van der Waals surface area (Å²) in [5.41, 5.74) is 2.53. The average Bonchev–Trinajstić information content (AvgIpc) is 3.42. The lowest BCUT2D eigenvalue weighted by Crippen LogP contribution is -2.39. The molecular formula is C23H37IN6O. The molecule has 2 heterocycles. The number of aliphatic imine (C=N–C) groups is 1. The third-order valence-corrected chi connectivity index (χ3v) is 5.84. The van der Waals surface area contributed by atoms with E-state index < -0.39 is 0 Å². The number of likely N-dealkylation sites (N-methyl/N-ethyl adjacent to an activating group) is 1. The predicted molar refractivity (Wildman–Crippen MR) is 137 cm³/mol. The second kappa shape index (κ2) is 12.9. The van der Waals surface area contributed by atoms with Gasteiger partial charge in [0.05, 0.1) is 6.20 Å². The van der Waals surface area contributed by atoms with Crippen LogP contribution in [0.1, 0.15) is 37.3 Å². The third kappa shape index (κ3) is 7.38. The standard InChI is InChI=1S/C23H36N6O.HI/c1-5-28(6-2)13-14-30-22-9-7-19(8-10-22)15-25-23(24-3)29-12-11-20(18-29)21-16-26-27(4)17-21;/h7-10,16-17,20H,5-6,11-15,18H2,1-4H3,(H,24,25);1H. The zero-order valence-corrected chi connectivity index (χ0v) is 21.6. The van der Waals surface area contributed by atoms with Gasteiger partial charge < -0.3 is 19.9 Å². The van der Waals surface area contributed by atoms with Crippen LogP contribution in [0.4, 0.5) is 0 Å². The van der Waals surface area contributed by atoms with Crippen LogP contribution in [0.3, 0.4) is 0 Å². The number of hydrogen-bond donors (Lipinski definition) is 1. The second-order valence-corrected chi connectivity index (χ2v) is 7.80. The molecule has 0 aliphatic carbocycles. The molecule has 172 valence electrons. The van der Waals surface area contributed by atoms with E-state index >= 15 is 0 Å². The molecule has 0 amide bonds. The highest BCUT2D eigenvalue weighted by molar-refractivity contribution is 14.0. The summed E-state index contributed by atoms with van der Waals surface area (Å²) in [7, 11) is 3.82. The van der Waals surface area contributed by atoms with Gasteiger partial charge in [0.25, 0.3) is 0 Å². The van der Waals surface area contributed by atoms with Crippen molar-refractivity contribution in [3.63, 3.8) is 0 Å². The van der Waals surface area contributed by atoms with Gasteiger partial charge in [0.2, 0.25) is 0 Å². The first kappa shape index (κ1) is 25.5. The molecule has 2 aromatic rings. The van der Waals surface area contributed by atoms with Crippen molar-refractivity contribution in [1.29, 1.82) is 0 Å². The Morgan fingerprint density at radius 1 is 1.26 bits per heavy atom. The number of hydrogen-bond acceptors (Lipinski definition) is 4. The normalized spacial score (nSPS) is 16.5. The van der Waals surface area contributed by atoms with Gasteiger partial charge in [0.1, 0.15) is 12.4 Å². The van der Waals surface area contributed by atoms with E-state index in [1.165, 1.54) is 11.1 Å². The van der Waals surface area contributed by atoms with Crippen molar-refractivity contribution in [2.24, 2.45) is 12.0 Å². The SMILES string of the molecule is CCN(CC)CCOc1ccc(CNC(=NC)N2CCC(c3cnn(C)c3)C2)cc1.I. The predicted octanol–water partition coefficient (Wildman–Crippen LogP) is 3.32. The maximum absolute atomic E-state index is 5.88. The maximum Gasteiger partial charge on any atom is 0.193 e. The Morgan fingerprint density at radius 2 is 2.00 bits per heavy atom. The molecule has 0 spiro atoms. The summed E-state index contributed by atoms with van der Waals surface area (Å²) in [4.78, 5) is 9.19. The van der Waals surface area contributed by atoms with E-state index in [9.17, 15) is 0 Å². The number of aromatic nitrogens is 2. The smallest absolute Gasteiger partial charge is 0.193 e. The Bertz CT molecular complexity index is 803. The molecule has 1 aliphatic heterocycles. The zero-order chi connectivity index (χ0) is 21.3. The first-order valence-electron chi connectivity index (χ1n) is 11.0. The largest absolute Gasteiger partial charge is 0.492 e. The summed E-state index contributed by atoms with van der Waals surface area (Å²) in [6, 6.07) is 8.34. The van der Waals surface area contributed by atoms with Crippen LogP contribution >= 0.6 is 24.0 Å². The highest BCUT2D eigenvalue weighted by Crippen LogP contribution is 2.26. The lowest BCUT2D eigenvalue weighted by atomic mass is 10.0. The van der Waals surface area contributed by atoms with E-state index in [2.05, 4.69) is 69.5 Å². The summed E-state index contributed by atoms with van der Waals surface area (Å²) in [6.07, 6.45) is 5.23. The van der Waals surface area contributed by atoms with Gasteiger partial charge in [0, 0.05) is 52.4 Å². The molecule has 1 unspecified atom stereocenters. The average molecular weight is 540 g/mol. The summed E-state index contributed by atoms with van der Waals surface area (Å²) in [5.74, 6) is 2.40. The highest BCUT2D eigenvalue weighted by atomic mass is 127. The minimum absolute atomic E-state index is 0. The van der Waals surface area contributed by atoms with Gasteiger partial charge in [-0.05, 0) is 42.8 Å². The number of benzene rings is 1. The van der Waals surface area contributed by atoms with Crippen molar-refractivity contribution in [2.75, 3.05) is 46.4 Å². The Labute approximate surface area is 203 Å². The fourth-order valence-corrected chi connectivity index (χ4v) is 3.93. The van der Waals surface area contributed by atoms with Crippen molar-refractivity contribution in [1.82, 2.24) is 24.9 Å². The van der Waals surface area contributed by atoms with E-state index in [0.29, 0.717) is 5.92 Å². The van der Waals surface area contributed by atoms with Gasteiger partial charge in [-0.1, -0.05) is 26.0 Å². The van der Waals surface area contributed by atoms with E-state index in [4.69, 9.17) is 4.74 Å². The molecular weight excluding hydrogens is 503 g/mol. The Hall–Kier alpha value is -1.81. The van der Waals surface area contributed by atoms with Crippen LogP contribution in [0.15, 0.2) is 41.7 Å². The molecule has 1 fully saturated rings. The zero-order valence-electron chi connectivity index (χ0n) is 19.3. The molecule has 1 aliphatic rings. The Kier molecular flexibility index (Phi) is 10.6. The van der Waals surface area contributed by atoms with Crippen molar-refractivity contribution in [3.8, 4) is 5.75 Å². The van der Waals surface area contributed by atoms with Crippen LogP contribution in [0.5, 0.6) is 5.75 Å². The molecule has 0 radical (unpaired) electrons. The van der Waals surface area contributed by atoms with Crippen molar-refractivity contribution in [3.05, 3.63) is 47.8 Å². The van der Waals surface area contributed by atoms with Crippen molar-refractivity contribution < 1.29 is 4.74 Å². The molecule has 1 N–H and O–H groups in total. The fourth-order valence-electron chi connectivity index (χ4n) is 3.93. The van der Waals surface area contributed by atoms with Gasteiger partial charge in [-0.15, -0.1) is 24.0 Å². The number of nitrogens with one attached hydrogen (secondary N) is 1. The lowest BCUT2D eigenvalue weighted by Gasteiger charge is -2.21. The number of halogens is 1. The molecule has 8 heteroatoms. The number of guanidine groups is 1. The molecule has 0 bridgehead atoms. The molecule has 3 rings (SSSR count). The van der Waals surface area contributed by atoms with E-state index in [-0.39, 0.29) is 24.0 Å². The van der Waals surface area contributed by atoms with Gasteiger partial charge in [0.15, 0.2) is 5.96 Å². The van der Waals surface area contributed by atoms with Crippen LogP contribution < -0.4 is 10.1 Å². The molecule has 1 saturated heterocycles. The lowest BCUT2D eigenvalue weighted by molar-refractivity contribution is 0.223. The van der Waals surface area contributed by atoms with Crippen LogP contribution in [-0.2, 0) is 13.6 Å². The molecule has 1 aromatic heterocycles. The maximum atomic E-state index is 5.88. The van der Waals surface area contributed by atoms with E-state index in [1.54, 1.807) is 0 Å². The quantitative estimate of drug-likeness (QED) is 0.301. The monoisotopic (exact) mass is 540 g/mol. The highest BCUT2D eigenvalue weighted by Gasteiger charge is 2.26. The number of ether oxygens (including phenoxy) is 1. The molecule has 0 saturated carbocycles. The molecule has 7 nitrogen and oxygen atoms in total. The summed E-state index contributed by atoms with van der Waals surface area (Å²) in [5, 5.41) is 7.82. The number of likely N-dealkylation sites (tertiary alicyclic amines) is 1. The van der Waals surface area contributed by atoms with Crippen LogP contribution in [0, 0.1) is 0 Å². The topological polar surface area (TPSA) is 57.9 Å². The molecule has 1 aromatic carbocycles. The first-order chi connectivity index (χ1) is 14.6. The molecule has 31 heavy (non-hydrogen) atoms. The number of nitrogens with zero attached hydrogens (tertiary/aromatic N) is 5. The summed E-state index contributed by atoms with van der Waals surface area (Å²) in [6.45, 7) is 10.9. The second-order valence-electron chi connectivity index (χ2n) is 7.80. The molecule has 1 atom stereocenters. The van der Waals surface area contributed by atoms with Crippen LogP contribution in [-0.4, -0.2) is 71.9 Å². The first-order valence-corrected chi connectivity index (χ1v) is 11.0. The fraction of sp³-hybridized carbons (Fsp3) is 0.565. The Balaban J connectivity index is 0.00000341. The minimum Gasteiger partial charge on any atom is -0.492 e. The number of rotatable bonds is 9. The Morgan fingerprint density at radius 3 is 2.61 bits per heavy atom. The van der Waals surface area contributed by atoms with E-state index in [1.807, 2.05) is 25.0 Å². The van der Waals surface area contributed by atoms with Gasteiger partial charge in [-0.2, -0.15) is 5.10 Å². The van der Waals surface area contributed by atoms with Gasteiger partial charge in [-0.3, -0.25) is 9.67 Å². The number of aryl methyl sites for hydroxylation is 1. The van der Waals surface area contributed by atoms with Crippen molar-refractivity contribution in [2.45, 2.75) is 32.7 Å². The van der Waals surface area contributed by atoms with Gasteiger partial charge in [-0.25, -0.2) is 0 Å². The van der Waals surface area contributed by atoms with Crippen LogP contribution in [0.25, 0.3) is 0 Å². The van der Waals surface area contributed by atoms with Crippen molar-refractivity contribution >= 4 is 29.9 Å². The third-order valence-electron chi connectivity index (χ3n) is 5.84. The van der Waals surface area contributed by atoms with Gasteiger partial charge >= 0.3 is 0 Å². The summed E-state index contributed by atoms with van der Waals surface area (Å²) >= 11 is 0.